The summed E-state index contributed by atoms with van der Waals surface area (Å²) in [7, 11) is 0. The van der Waals surface area contributed by atoms with Crippen LogP contribution in [0.25, 0.3) is 6.08 Å². The molecular weight excluding hydrogens is 482 g/mol. The molecule has 0 spiro atoms. The van der Waals surface area contributed by atoms with Gasteiger partial charge in [0.1, 0.15) is 18.9 Å². The molecule has 0 saturated carbocycles. The highest BCUT2D eigenvalue weighted by Crippen LogP contribution is 2.34. The van der Waals surface area contributed by atoms with E-state index in [1.165, 1.54) is 0 Å². The SMILES string of the molecule is CC(C)COC(=O)CN1C(=O)S/C(=C/c2ccc(OCc3ccccc3)c(Br)c2)C1=O. The standard InChI is InChI=1S/C23H22BrNO5S/c1-15(2)13-30-21(26)12-25-22(27)20(31-23(25)28)11-17-8-9-19(18(24)10-17)29-14-16-6-4-3-5-7-16/h3-11,15H,12-14H2,1-2H3/b20-11+. The molecule has 0 aliphatic carbocycles. The Morgan fingerprint density at radius 1 is 1.16 bits per heavy atom. The van der Waals surface area contributed by atoms with Crippen LogP contribution in [0, 0.1) is 5.92 Å². The number of benzene rings is 2. The van der Waals surface area contributed by atoms with Gasteiger partial charge in [-0.2, -0.15) is 0 Å². The maximum Gasteiger partial charge on any atom is 0.326 e. The number of esters is 1. The zero-order valence-electron chi connectivity index (χ0n) is 17.2. The van der Waals surface area contributed by atoms with Crippen LogP contribution in [-0.2, 0) is 20.9 Å². The maximum atomic E-state index is 12.6. The van der Waals surface area contributed by atoms with Crippen molar-refractivity contribution in [1.82, 2.24) is 4.90 Å². The van der Waals surface area contributed by atoms with E-state index in [1.54, 1.807) is 18.2 Å². The van der Waals surface area contributed by atoms with Crippen LogP contribution in [0.1, 0.15) is 25.0 Å². The number of ether oxygens (including phenoxy) is 2. The van der Waals surface area contributed by atoms with Gasteiger partial charge in [-0.1, -0.05) is 50.2 Å². The molecule has 0 atom stereocenters. The van der Waals surface area contributed by atoms with E-state index >= 15 is 0 Å². The molecule has 2 aromatic carbocycles. The van der Waals surface area contributed by atoms with Crippen LogP contribution in [0.5, 0.6) is 5.75 Å². The second kappa shape index (κ2) is 10.6. The zero-order chi connectivity index (χ0) is 22.4. The van der Waals surface area contributed by atoms with Gasteiger partial charge in [0, 0.05) is 0 Å². The highest BCUT2D eigenvalue weighted by Gasteiger charge is 2.36. The number of hydrogen-bond donors (Lipinski definition) is 0. The van der Waals surface area contributed by atoms with Crippen LogP contribution >= 0.6 is 27.7 Å². The third-order valence-electron chi connectivity index (χ3n) is 4.23. The fourth-order valence-corrected chi connectivity index (χ4v) is 4.03. The maximum absolute atomic E-state index is 12.6. The van der Waals surface area contributed by atoms with Gasteiger partial charge in [-0.15, -0.1) is 0 Å². The van der Waals surface area contributed by atoms with Crippen molar-refractivity contribution in [3.8, 4) is 5.75 Å². The molecule has 2 amide bonds. The third kappa shape index (κ3) is 6.45. The Morgan fingerprint density at radius 2 is 1.90 bits per heavy atom. The zero-order valence-corrected chi connectivity index (χ0v) is 19.6. The largest absolute Gasteiger partial charge is 0.488 e. The molecule has 8 heteroatoms. The molecule has 0 radical (unpaired) electrons. The van der Waals surface area contributed by atoms with Crippen molar-refractivity contribution in [1.29, 1.82) is 0 Å². The van der Waals surface area contributed by atoms with E-state index in [-0.39, 0.29) is 24.0 Å². The van der Waals surface area contributed by atoms with Crippen molar-refractivity contribution in [2.45, 2.75) is 20.5 Å². The van der Waals surface area contributed by atoms with Crippen LogP contribution in [0.4, 0.5) is 4.79 Å². The number of nitrogens with zero attached hydrogens (tertiary/aromatic N) is 1. The lowest BCUT2D eigenvalue weighted by Crippen LogP contribution is -2.34. The average Bonchev–Trinajstić information content (AvgIpc) is 2.99. The predicted octanol–water partition coefficient (Wildman–Crippen LogP) is 5.26. The van der Waals surface area contributed by atoms with Crippen molar-refractivity contribution in [3.63, 3.8) is 0 Å². The number of rotatable bonds is 8. The molecule has 0 N–H and O–H groups in total. The Bertz CT molecular complexity index is 1010. The summed E-state index contributed by atoms with van der Waals surface area (Å²) >= 11 is 4.29. The third-order valence-corrected chi connectivity index (χ3v) is 5.76. The highest BCUT2D eigenvalue weighted by atomic mass is 79.9. The summed E-state index contributed by atoms with van der Waals surface area (Å²) in [6.45, 7) is 4.12. The van der Waals surface area contributed by atoms with Crippen LogP contribution in [0.2, 0.25) is 0 Å². The summed E-state index contributed by atoms with van der Waals surface area (Å²) in [6, 6.07) is 15.2. The number of hydrogen-bond acceptors (Lipinski definition) is 6. The summed E-state index contributed by atoms with van der Waals surface area (Å²) in [5, 5.41) is -0.486. The highest BCUT2D eigenvalue weighted by molar-refractivity contribution is 9.10. The van der Waals surface area contributed by atoms with E-state index < -0.39 is 17.1 Å². The summed E-state index contributed by atoms with van der Waals surface area (Å²) < 4.78 is 11.6. The fraction of sp³-hybridized carbons (Fsp3) is 0.261. The van der Waals surface area contributed by atoms with Crippen LogP contribution in [-0.4, -0.2) is 35.2 Å². The molecule has 0 unspecified atom stereocenters. The molecule has 0 aromatic heterocycles. The topological polar surface area (TPSA) is 72.9 Å². The van der Waals surface area contributed by atoms with Crippen LogP contribution < -0.4 is 4.74 Å². The van der Waals surface area contributed by atoms with E-state index in [0.717, 1.165) is 32.3 Å². The Morgan fingerprint density at radius 3 is 2.58 bits per heavy atom. The van der Waals surface area contributed by atoms with Gasteiger partial charge in [0.2, 0.25) is 0 Å². The van der Waals surface area contributed by atoms with Gasteiger partial charge < -0.3 is 9.47 Å². The van der Waals surface area contributed by atoms with E-state index in [1.807, 2.05) is 50.2 Å². The number of halogens is 1. The molecular formula is C23H22BrNO5S. The van der Waals surface area contributed by atoms with Gasteiger partial charge in [-0.3, -0.25) is 19.3 Å². The molecule has 1 heterocycles. The molecule has 3 rings (SSSR count). The van der Waals surface area contributed by atoms with Crippen LogP contribution in [0.15, 0.2) is 57.9 Å². The van der Waals surface area contributed by atoms with Gasteiger partial charge >= 0.3 is 5.97 Å². The number of carbonyl (C=O) groups excluding carboxylic acids is 3. The molecule has 1 aliphatic rings. The van der Waals surface area contributed by atoms with E-state index in [2.05, 4.69) is 15.9 Å². The number of imide groups is 1. The summed E-state index contributed by atoms with van der Waals surface area (Å²) in [6.07, 6.45) is 1.62. The van der Waals surface area contributed by atoms with E-state index in [0.29, 0.717) is 12.4 Å². The minimum atomic E-state index is -0.597. The molecule has 1 fully saturated rings. The van der Waals surface area contributed by atoms with E-state index in [9.17, 15) is 14.4 Å². The van der Waals surface area contributed by atoms with Gasteiger partial charge in [-0.25, -0.2) is 0 Å². The predicted molar refractivity (Wildman–Crippen MR) is 123 cm³/mol. The molecule has 162 valence electrons. The first-order valence-electron chi connectivity index (χ1n) is 9.70. The molecule has 6 nitrogen and oxygen atoms in total. The van der Waals surface area contributed by atoms with Crippen molar-refractivity contribution < 1.29 is 23.9 Å². The Hall–Kier alpha value is -2.58. The van der Waals surface area contributed by atoms with Crippen molar-refractivity contribution in [2.24, 2.45) is 5.92 Å². The fourth-order valence-electron chi connectivity index (χ4n) is 2.68. The van der Waals surface area contributed by atoms with Crippen LogP contribution in [0.3, 0.4) is 0 Å². The summed E-state index contributed by atoms with van der Waals surface area (Å²) in [5.41, 5.74) is 1.78. The number of amides is 2. The molecule has 2 aromatic rings. The Kier molecular flexibility index (Phi) is 7.92. The first-order chi connectivity index (χ1) is 14.8. The molecule has 1 saturated heterocycles. The first-order valence-corrected chi connectivity index (χ1v) is 11.3. The minimum Gasteiger partial charge on any atom is -0.488 e. The molecule has 31 heavy (non-hydrogen) atoms. The lowest BCUT2D eigenvalue weighted by molar-refractivity contribution is -0.147. The lowest BCUT2D eigenvalue weighted by Gasteiger charge is -2.12. The summed E-state index contributed by atoms with van der Waals surface area (Å²) in [5.74, 6) is -0.254. The lowest BCUT2D eigenvalue weighted by atomic mass is 10.2. The Labute approximate surface area is 193 Å². The summed E-state index contributed by atoms with van der Waals surface area (Å²) in [4.78, 5) is 37.8. The van der Waals surface area contributed by atoms with Gasteiger partial charge in [0.25, 0.3) is 11.1 Å². The Balaban J connectivity index is 1.64. The second-order valence-electron chi connectivity index (χ2n) is 7.31. The van der Waals surface area contributed by atoms with Gasteiger partial charge in [0.05, 0.1) is 16.0 Å². The number of thioether (sulfide) groups is 1. The van der Waals surface area contributed by atoms with Gasteiger partial charge in [-0.05, 0) is 62.9 Å². The quantitative estimate of drug-likeness (QED) is 0.361. The molecule has 1 aliphatic heterocycles. The van der Waals surface area contributed by atoms with Crippen molar-refractivity contribution in [3.05, 3.63) is 69.0 Å². The normalized spacial score (nSPS) is 15.1. The smallest absolute Gasteiger partial charge is 0.326 e. The second-order valence-corrected chi connectivity index (χ2v) is 9.16. The molecule has 0 bridgehead atoms. The van der Waals surface area contributed by atoms with Gasteiger partial charge in [0.15, 0.2) is 0 Å². The minimum absolute atomic E-state index is 0.178. The average molecular weight is 504 g/mol. The number of carbonyl (C=O) groups is 3. The van der Waals surface area contributed by atoms with Crippen molar-refractivity contribution in [2.75, 3.05) is 13.2 Å². The van der Waals surface area contributed by atoms with Crippen molar-refractivity contribution >= 4 is 50.9 Å². The van der Waals surface area contributed by atoms with E-state index in [4.69, 9.17) is 9.47 Å². The first kappa shape index (κ1) is 23.1. The monoisotopic (exact) mass is 503 g/mol.